The van der Waals surface area contributed by atoms with Crippen LogP contribution in [-0.4, -0.2) is 46.1 Å². The van der Waals surface area contributed by atoms with E-state index in [9.17, 15) is 20.1 Å². The molecule has 0 aromatic rings. The van der Waals surface area contributed by atoms with Crippen LogP contribution >= 0.6 is 0 Å². The first kappa shape index (κ1) is 65.6. The van der Waals surface area contributed by atoms with E-state index < -0.39 is 18.2 Å². The van der Waals surface area contributed by atoms with Gasteiger partial charge in [-0.05, 0) is 44.9 Å². The number of allylic oxidation sites excluding steroid dienone is 5. The summed E-state index contributed by atoms with van der Waals surface area (Å²) in [5, 5.41) is 33.5. The summed E-state index contributed by atoms with van der Waals surface area (Å²) < 4.78 is 0. The van der Waals surface area contributed by atoms with Crippen molar-refractivity contribution in [3.05, 3.63) is 36.5 Å². The summed E-state index contributed by atoms with van der Waals surface area (Å²) in [7, 11) is 0. The van der Waals surface area contributed by atoms with Crippen molar-refractivity contribution < 1.29 is 20.1 Å². The molecule has 1 amide bonds. The minimum Gasteiger partial charge on any atom is -0.394 e. The molecule has 67 heavy (non-hydrogen) atoms. The van der Waals surface area contributed by atoms with Crippen LogP contribution in [-0.2, 0) is 4.79 Å². The minimum atomic E-state index is -0.960. The monoisotopic (exact) mass is 942 g/mol. The smallest absolute Gasteiger partial charge is 0.222 e. The Morgan fingerprint density at radius 1 is 0.373 bits per heavy atom. The predicted octanol–water partition coefficient (Wildman–Crippen LogP) is 19.0. The minimum absolute atomic E-state index is 0.00585. The van der Waals surface area contributed by atoms with Gasteiger partial charge in [0.25, 0.3) is 0 Å². The van der Waals surface area contributed by atoms with Crippen LogP contribution in [0.15, 0.2) is 36.5 Å². The van der Waals surface area contributed by atoms with Crippen molar-refractivity contribution >= 4 is 5.91 Å². The molecule has 0 aliphatic carbocycles. The van der Waals surface area contributed by atoms with E-state index >= 15 is 0 Å². The molecule has 0 rings (SSSR count). The molecule has 0 spiro atoms. The average molecular weight is 943 g/mol. The van der Waals surface area contributed by atoms with Gasteiger partial charge in [0.1, 0.15) is 0 Å². The highest BCUT2D eigenvalue weighted by molar-refractivity contribution is 5.76. The first-order valence-corrected chi connectivity index (χ1v) is 30.3. The second kappa shape index (κ2) is 57.2. The van der Waals surface area contributed by atoms with Crippen molar-refractivity contribution in [1.82, 2.24) is 5.32 Å². The lowest BCUT2D eigenvalue weighted by molar-refractivity contribution is -0.124. The van der Waals surface area contributed by atoms with Crippen molar-refractivity contribution in [2.75, 3.05) is 6.61 Å². The van der Waals surface area contributed by atoms with Gasteiger partial charge in [-0.1, -0.05) is 314 Å². The van der Waals surface area contributed by atoms with Gasteiger partial charge in [-0.3, -0.25) is 4.79 Å². The average Bonchev–Trinajstić information content (AvgIpc) is 3.32. The number of hydrogen-bond acceptors (Lipinski definition) is 4. The summed E-state index contributed by atoms with van der Waals surface area (Å²) in [6.45, 7) is 4.24. The Balaban J connectivity index is 3.57. The van der Waals surface area contributed by atoms with Gasteiger partial charge in [-0.15, -0.1) is 0 Å². The van der Waals surface area contributed by atoms with Gasteiger partial charge in [0.15, 0.2) is 0 Å². The second-order valence-electron chi connectivity index (χ2n) is 21.0. The first-order chi connectivity index (χ1) is 33.0. The van der Waals surface area contributed by atoms with Crippen LogP contribution in [0.5, 0.6) is 0 Å². The van der Waals surface area contributed by atoms with Gasteiger partial charge >= 0.3 is 0 Å². The van der Waals surface area contributed by atoms with Crippen LogP contribution in [0, 0.1) is 0 Å². The maximum Gasteiger partial charge on any atom is 0.222 e. The van der Waals surface area contributed by atoms with E-state index in [1.54, 1.807) is 6.08 Å². The standard InChI is InChI=1S/C62H119NO4/c1-3-5-7-9-11-13-15-17-19-21-23-25-27-28-29-30-31-32-34-35-37-39-41-43-45-47-49-51-53-55-59(65)57-62(67)63-60(58-64)61(66)56-54-52-50-48-46-44-42-40-38-36-33-26-24-22-20-18-16-14-12-10-8-6-4-2/h38,40,46,48,54,56,59-61,64-66H,3-37,39,41-45,47,49-53,55,57-58H2,1-2H3,(H,63,67)/b40-38+,48-46+,56-54+. The Labute approximate surface area is 419 Å². The summed E-state index contributed by atoms with van der Waals surface area (Å²) in [6.07, 6.45) is 75.0. The van der Waals surface area contributed by atoms with Crippen LogP contribution in [0.25, 0.3) is 0 Å². The Morgan fingerprint density at radius 2 is 0.642 bits per heavy atom. The highest BCUT2D eigenvalue weighted by Crippen LogP contribution is 2.18. The highest BCUT2D eigenvalue weighted by atomic mass is 16.3. The Hall–Kier alpha value is -1.43. The normalized spacial score (nSPS) is 13.4. The molecule has 0 fully saturated rings. The van der Waals surface area contributed by atoms with Gasteiger partial charge in [0.2, 0.25) is 5.91 Å². The summed E-state index contributed by atoms with van der Waals surface area (Å²) in [5.41, 5.74) is 0. The maximum atomic E-state index is 12.5. The summed E-state index contributed by atoms with van der Waals surface area (Å²) >= 11 is 0. The molecule has 0 aliphatic rings. The molecule has 0 saturated carbocycles. The lowest BCUT2D eigenvalue weighted by Crippen LogP contribution is -2.45. The number of amides is 1. The number of carbonyl (C=O) groups is 1. The molecule has 0 bridgehead atoms. The van der Waals surface area contributed by atoms with Crippen LogP contribution in [0.4, 0.5) is 0 Å². The van der Waals surface area contributed by atoms with Gasteiger partial charge in [-0.25, -0.2) is 0 Å². The topological polar surface area (TPSA) is 89.8 Å². The Bertz CT molecular complexity index is 1040. The van der Waals surface area contributed by atoms with Crippen molar-refractivity contribution in [3.63, 3.8) is 0 Å². The summed E-state index contributed by atoms with van der Waals surface area (Å²) in [5.74, 6) is -0.323. The molecule has 5 nitrogen and oxygen atoms in total. The fourth-order valence-electron chi connectivity index (χ4n) is 9.55. The zero-order chi connectivity index (χ0) is 48.6. The van der Waals surface area contributed by atoms with E-state index in [1.807, 2.05) is 6.08 Å². The van der Waals surface area contributed by atoms with Gasteiger partial charge < -0.3 is 20.6 Å². The SMILES string of the molecule is CCCCCCCCCCCCCCC/C=C/CC/C=C/CC/C=C/C(O)C(CO)NC(=O)CC(O)CCCCCCCCCCCCCCCCCCCCCCCCCCCCCCC. The van der Waals surface area contributed by atoms with Gasteiger partial charge in [0.05, 0.1) is 31.3 Å². The number of rotatable bonds is 56. The second-order valence-corrected chi connectivity index (χ2v) is 21.0. The molecule has 0 saturated heterocycles. The van der Waals surface area contributed by atoms with Crippen molar-refractivity contribution in [2.24, 2.45) is 0 Å². The third-order valence-electron chi connectivity index (χ3n) is 14.2. The molecule has 0 aliphatic heterocycles. The molecule has 5 heteroatoms. The molecule has 0 aromatic heterocycles. The molecule has 396 valence electrons. The molecule has 0 aromatic carbocycles. The lowest BCUT2D eigenvalue weighted by atomic mass is 10.0. The Kier molecular flexibility index (Phi) is 55.9. The zero-order valence-electron chi connectivity index (χ0n) is 45.3. The van der Waals surface area contributed by atoms with Gasteiger partial charge in [-0.2, -0.15) is 0 Å². The van der Waals surface area contributed by atoms with Crippen LogP contribution in [0.2, 0.25) is 0 Å². The number of aliphatic hydroxyl groups is 3. The molecule has 0 heterocycles. The van der Waals surface area contributed by atoms with Crippen LogP contribution < -0.4 is 5.32 Å². The van der Waals surface area contributed by atoms with Gasteiger partial charge in [0, 0.05) is 0 Å². The molecule has 4 N–H and O–H groups in total. The van der Waals surface area contributed by atoms with E-state index in [0.717, 1.165) is 38.5 Å². The van der Waals surface area contributed by atoms with E-state index in [2.05, 4.69) is 43.5 Å². The molecule has 3 unspecified atom stereocenters. The Morgan fingerprint density at radius 3 is 0.955 bits per heavy atom. The summed E-state index contributed by atoms with van der Waals surface area (Å²) in [4.78, 5) is 12.5. The van der Waals surface area contributed by atoms with Crippen molar-refractivity contribution in [2.45, 2.75) is 347 Å². The fourth-order valence-corrected chi connectivity index (χ4v) is 9.55. The highest BCUT2D eigenvalue weighted by Gasteiger charge is 2.20. The molecular weight excluding hydrogens is 823 g/mol. The quantitative estimate of drug-likeness (QED) is 0.0361. The lowest BCUT2D eigenvalue weighted by Gasteiger charge is -2.21. The third kappa shape index (κ3) is 53.8. The van der Waals surface area contributed by atoms with E-state index in [4.69, 9.17) is 0 Å². The summed E-state index contributed by atoms with van der Waals surface area (Å²) in [6, 6.07) is -0.767. The largest absolute Gasteiger partial charge is 0.394 e. The third-order valence-corrected chi connectivity index (χ3v) is 14.2. The zero-order valence-corrected chi connectivity index (χ0v) is 45.3. The predicted molar refractivity (Wildman–Crippen MR) is 296 cm³/mol. The first-order valence-electron chi connectivity index (χ1n) is 30.3. The maximum absolute atomic E-state index is 12.5. The van der Waals surface area contributed by atoms with E-state index in [0.29, 0.717) is 6.42 Å². The number of unbranched alkanes of at least 4 members (excludes halogenated alkanes) is 43. The molecule has 3 atom stereocenters. The number of carbonyl (C=O) groups excluding carboxylic acids is 1. The molecule has 0 radical (unpaired) electrons. The van der Waals surface area contributed by atoms with Crippen LogP contribution in [0.1, 0.15) is 328 Å². The van der Waals surface area contributed by atoms with Crippen molar-refractivity contribution in [1.29, 1.82) is 0 Å². The number of hydrogen-bond donors (Lipinski definition) is 4. The number of aliphatic hydroxyl groups excluding tert-OH is 3. The molecular formula is C62H119NO4. The van der Waals surface area contributed by atoms with Crippen LogP contribution in [0.3, 0.4) is 0 Å². The van der Waals surface area contributed by atoms with E-state index in [-0.39, 0.29) is 18.9 Å². The van der Waals surface area contributed by atoms with Crippen molar-refractivity contribution in [3.8, 4) is 0 Å². The fraction of sp³-hybridized carbons (Fsp3) is 0.887. The van der Waals surface area contributed by atoms with E-state index in [1.165, 1.54) is 263 Å². The number of nitrogens with one attached hydrogen (secondary N) is 1.